The summed E-state index contributed by atoms with van der Waals surface area (Å²) in [5.74, 6) is -0.795. The Morgan fingerprint density at radius 3 is 2.32 bits per heavy atom. The van der Waals surface area contributed by atoms with Crippen LogP contribution in [0.25, 0.3) is 11.1 Å². The van der Waals surface area contributed by atoms with E-state index in [1.54, 1.807) is 37.5 Å². The number of aryl methyl sites for hydroxylation is 2. The normalized spacial score (nSPS) is 14.1. The summed E-state index contributed by atoms with van der Waals surface area (Å²) in [7, 11) is 1.66. The van der Waals surface area contributed by atoms with Crippen molar-refractivity contribution in [1.82, 2.24) is 4.57 Å². The van der Waals surface area contributed by atoms with Gasteiger partial charge in [-0.05, 0) is 73.9 Å². The first kappa shape index (κ1) is 29.7. The molecule has 1 aliphatic rings. The van der Waals surface area contributed by atoms with Gasteiger partial charge in [-0.25, -0.2) is 4.79 Å². The molecule has 0 saturated carbocycles. The van der Waals surface area contributed by atoms with E-state index in [2.05, 4.69) is 5.32 Å². The van der Waals surface area contributed by atoms with Crippen LogP contribution in [0, 0.1) is 6.92 Å². The lowest BCUT2D eigenvalue weighted by Crippen LogP contribution is -2.40. The number of primary amides is 1. The highest BCUT2D eigenvalue weighted by molar-refractivity contribution is 6.05. The van der Waals surface area contributed by atoms with Gasteiger partial charge in [0.1, 0.15) is 11.3 Å². The number of aromatic nitrogens is 1. The van der Waals surface area contributed by atoms with Crippen LogP contribution in [0.3, 0.4) is 0 Å². The van der Waals surface area contributed by atoms with E-state index >= 15 is 0 Å². The highest BCUT2D eigenvalue weighted by atomic mass is 19.4. The fourth-order valence-electron chi connectivity index (χ4n) is 4.67. The van der Waals surface area contributed by atoms with E-state index in [4.69, 9.17) is 15.2 Å². The molecule has 0 aliphatic carbocycles. The lowest BCUT2D eigenvalue weighted by atomic mass is 9.93. The van der Waals surface area contributed by atoms with Gasteiger partial charge in [0.05, 0.1) is 18.8 Å². The number of nitrogens with zero attached hydrogens (tertiary/aromatic N) is 2. The van der Waals surface area contributed by atoms with Crippen LogP contribution in [0.5, 0.6) is 0 Å². The van der Waals surface area contributed by atoms with Crippen LogP contribution in [0.4, 0.5) is 29.3 Å². The summed E-state index contributed by atoms with van der Waals surface area (Å²) >= 11 is 0. The van der Waals surface area contributed by atoms with E-state index in [0.717, 1.165) is 28.8 Å². The minimum atomic E-state index is -4.76. The average molecular weight is 573 g/mol. The van der Waals surface area contributed by atoms with Crippen molar-refractivity contribution in [3.05, 3.63) is 81.3 Å². The second kappa shape index (κ2) is 11.3. The lowest BCUT2D eigenvalue weighted by Gasteiger charge is -2.29. The molecule has 1 aromatic heterocycles. The van der Waals surface area contributed by atoms with E-state index < -0.39 is 29.3 Å². The number of hydrogen-bond donors (Lipinski definition) is 2. The average Bonchev–Trinajstić information content (AvgIpc) is 2.90. The van der Waals surface area contributed by atoms with Crippen LogP contribution in [0.15, 0.2) is 53.5 Å². The van der Waals surface area contributed by atoms with Gasteiger partial charge in [0, 0.05) is 43.1 Å². The molecule has 12 heteroatoms. The molecular formula is C29H31F3N4O5. The molecular weight excluding hydrogens is 541 g/mol. The van der Waals surface area contributed by atoms with Gasteiger partial charge in [-0.2, -0.15) is 13.2 Å². The second-order valence-corrected chi connectivity index (χ2v) is 10.3. The maximum atomic E-state index is 13.7. The van der Waals surface area contributed by atoms with Crippen molar-refractivity contribution >= 4 is 23.4 Å². The molecule has 4 rings (SSSR count). The summed E-state index contributed by atoms with van der Waals surface area (Å²) in [6.45, 7) is 6.80. The molecule has 3 N–H and O–H groups in total. The van der Waals surface area contributed by atoms with Crippen molar-refractivity contribution in [1.29, 1.82) is 0 Å². The number of anilines is 2. The molecule has 3 aromatic rings. The summed E-state index contributed by atoms with van der Waals surface area (Å²) in [6, 6.07) is 9.67. The van der Waals surface area contributed by atoms with Crippen molar-refractivity contribution in [2.45, 2.75) is 32.5 Å². The van der Waals surface area contributed by atoms with Crippen LogP contribution >= 0.6 is 0 Å². The topological polar surface area (TPSA) is 116 Å². The van der Waals surface area contributed by atoms with E-state index in [0.29, 0.717) is 37.7 Å². The maximum Gasteiger partial charge on any atom is 0.416 e. The number of nitrogens with two attached hydrogens (primary N) is 1. The number of hydrogen-bond acceptors (Lipinski definition) is 6. The molecule has 0 atom stereocenters. The Labute approximate surface area is 234 Å². The largest absolute Gasteiger partial charge is 0.439 e. The van der Waals surface area contributed by atoms with E-state index in [1.165, 1.54) is 24.5 Å². The number of alkyl halides is 3. The number of ether oxygens (including phenoxy) is 2. The predicted molar refractivity (Wildman–Crippen MR) is 148 cm³/mol. The summed E-state index contributed by atoms with van der Waals surface area (Å²) in [5, 5.41) is 2.66. The zero-order valence-electron chi connectivity index (χ0n) is 23.1. The molecule has 1 aliphatic heterocycles. The van der Waals surface area contributed by atoms with Gasteiger partial charge in [-0.1, -0.05) is 6.07 Å². The maximum absolute atomic E-state index is 13.7. The Hall–Kier alpha value is -4.32. The third kappa shape index (κ3) is 6.71. The molecule has 1 saturated heterocycles. The van der Waals surface area contributed by atoms with E-state index in [-0.39, 0.29) is 16.7 Å². The van der Waals surface area contributed by atoms with Crippen LogP contribution in [0.1, 0.15) is 40.9 Å². The summed E-state index contributed by atoms with van der Waals surface area (Å²) in [6.07, 6.45) is -4.23. The monoisotopic (exact) mass is 572 g/mol. The molecule has 2 aromatic carbocycles. The number of carbonyl (C=O) groups is 2. The van der Waals surface area contributed by atoms with Gasteiger partial charge in [-0.15, -0.1) is 0 Å². The summed E-state index contributed by atoms with van der Waals surface area (Å²) in [4.78, 5) is 39.4. The quantitative estimate of drug-likeness (QED) is 0.439. The second-order valence-electron chi connectivity index (χ2n) is 10.3. The Balaban J connectivity index is 1.70. The molecule has 9 nitrogen and oxygen atoms in total. The zero-order chi connectivity index (χ0) is 30.1. The molecule has 41 heavy (non-hydrogen) atoms. The number of halogens is 3. The number of nitrogens with one attached hydrogen (secondary N) is 1. The molecule has 0 radical (unpaired) electrons. The standard InChI is InChI=1S/C29H31F3N4O5/c1-17-5-6-22(15-23(17)19-13-24(26(38)35(4)16-19)36-7-9-40-10-8-36)34-25(37)18-11-20(28(2,3)41-27(33)39)14-21(12-18)29(30,31)32/h5-6,11-16H,7-10H2,1-4H3,(H2,33,39)(H,34,37). The van der Waals surface area contributed by atoms with Crippen molar-refractivity contribution < 1.29 is 32.2 Å². The van der Waals surface area contributed by atoms with Gasteiger partial charge >= 0.3 is 12.3 Å². The first-order valence-electron chi connectivity index (χ1n) is 12.8. The molecule has 218 valence electrons. The van der Waals surface area contributed by atoms with Gasteiger partial charge in [0.15, 0.2) is 0 Å². The third-order valence-electron chi connectivity index (χ3n) is 6.90. The van der Waals surface area contributed by atoms with Crippen molar-refractivity contribution in [3.8, 4) is 11.1 Å². The third-order valence-corrected chi connectivity index (χ3v) is 6.90. The number of pyridine rings is 1. The molecule has 2 heterocycles. The number of benzene rings is 2. The predicted octanol–water partition coefficient (Wildman–Crippen LogP) is 4.80. The summed E-state index contributed by atoms with van der Waals surface area (Å²) < 4.78 is 53.0. The van der Waals surface area contributed by atoms with Crippen molar-refractivity contribution in [2.24, 2.45) is 12.8 Å². The number of carbonyl (C=O) groups excluding carboxylic acids is 2. The van der Waals surface area contributed by atoms with Crippen molar-refractivity contribution in [3.63, 3.8) is 0 Å². The van der Waals surface area contributed by atoms with E-state index in [1.807, 2.05) is 11.8 Å². The zero-order valence-corrected chi connectivity index (χ0v) is 23.1. The fraction of sp³-hybridized carbons (Fsp3) is 0.345. The minimum absolute atomic E-state index is 0.0540. The van der Waals surface area contributed by atoms with Crippen LogP contribution in [0.2, 0.25) is 0 Å². The number of morpholine rings is 1. The number of rotatable bonds is 6. The highest BCUT2D eigenvalue weighted by Gasteiger charge is 2.35. The Kier molecular flexibility index (Phi) is 8.16. The Morgan fingerprint density at radius 1 is 1.02 bits per heavy atom. The van der Waals surface area contributed by atoms with Gasteiger partial charge in [0.25, 0.3) is 11.5 Å². The summed E-state index contributed by atoms with van der Waals surface area (Å²) in [5.41, 5.74) is 5.19. The minimum Gasteiger partial charge on any atom is -0.439 e. The first-order chi connectivity index (χ1) is 19.2. The highest BCUT2D eigenvalue weighted by Crippen LogP contribution is 2.35. The van der Waals surface area contributed by atoms with E-state index in [9.17, 15) is 27.6 Å². The Morgan fingerprint density at radius 2 is 1.68 bits per heavy atom. The van der Waals surface area contributed by atoms with Crippen LogP contribution < -0.4 is 21.5 Å². The molecule has 0 unspecified atom stereocenters. The smallest absolute Gasteiger partial charge is 0.416 e. The van der Waals surface area contributed by atoms with Crippen molar-refractivity contribution in [2.75, 3.05) is 36.5 Å². The van der Waals surface area contributed by atoms with Gasteiger partial charge < -0.3 is 30.0 Å². The van der Waals surface area contributed by atoms with Gasteiger partial charge in [0.2, 0.25) is 0 Å². The molecule has 2 amide bonds. The lowest BCUT2D eigenvalue weighted by molar-refractivity contribution is -0.137. The van der Waals surface area contributed by atoms with Gasteiger partial charge in [-0.3, -0.25) is 9.59 Å². The molecule has 1 fully saturated rings. The fourth-order valence-corrected chi connectivity index (χ4v) is 4.67. The first-order valence-corrected chi connectivity index (χ1v) is 12.8. The number of amides is 2. The molecule has 0 bridgehead atoms. The van der Waals surface area contributed by atoms with Crippen LogP contribution in [-0.2, 0) is 28.3 Å². The Bertz CT molecular complexity index is 1540. The SMILES string of the molecule is Cc1ccc(NC(=O)c2cc(C(F)(F)F)cc(C(C)(C)OC(N)=O)c2)cc1-c1cc(N2CCOCC2)c(=O)n(C)c1. The molecule has 0 spiro atoms. The van der Waals surface area contributed by atoms with Crippen LogP contribution in [-0.4, -0.2) is 42.9 Å².